The number of halogens is 1. The second kappa shape index (κ2) is 17.6. The Morgan fingerprint density at radius 1 is 0.957 bits per heavy atom. The number of nitrogens with zero attached hydrogens (tertiary/aromatic N) is 2. The second-order valence-corrected chi connectivity index (χ2v) is 14.5. The number of hydrogen-bond donors (Lipinski definition) is 1. The largest absolute Gasteiger partial charge is 0.449 e. The molecule has 0 radical (unpaired) electrons. The van der Waals surface area contributed by atoms with Crippen LogP contribution in [0.1, 0.15) is 114 Å². The standard InChI is InChI=1S/C35H50ClN3O6S/c1-7-9-10-11-12-13-14-15-16-17-18-25(3)30-24-31(36)26(4)23-32(30)45-39(35(41)44-8-2)33-27(5)34(40)38(37-33)28-19-21-29(22-20-28)46(6,42)43/h19-25,37H,7-18H2,1-6H3. The molecule has 1 atom stereocenters. The molecule has 46 heavy (non-hydrogen) atoms. The number of carbonyl (C=O) groups excluding carboxylic acids is 1. The summed E-state index contributed by atoms with van der Waals surface area (Å²) in [4.78, 5) is 33.0. The summed E-state index contributed by atoms with van der Waals surface area (Å²) in [5, 5.41) is 4.52. The number of rotatable bonds is 18. The predicted octanol–water partition coefficient (Wildman–Crippen LogP) is 9.21. The Balaban J connectivity index is 1.82. The minimum atomic E-state index is -3.41. The average Bonchev–Trinajstić information content (AvgIpc) is 3.31. The van der Waals surface area contributed by atoms with Gasteiger partial charge >= 0.3 is 6.09 Å². The van der Waals surface area contributed by atoms with Crippen LogP contribution in [-0.2, 0) is 14.6 Å². The lowest BCUT2D eigenvalue weighted by Gasteiger charge is -2.24. The van der Waals surface area contributed by atoms with Crippen LogP contribution in [0.2, 0.25) is 5.02 Å². The number of aromatic nitrogens is 2. The third-order valence-electron chi connectivity index (χ3n) is 8.26. The molecular formula is C35H50ClN3O6S. The van der Waals surface area contributed by atoms with E-state index in [0.717, 1.165) is 41.7 Å². The van der Waals surface area contributed by atoms with Crippen LogP contribution < -0.4 is 15.5 Å². The minimum absolute atomic E-state index is 0.0940. The predicted molar refractivity (Wildman–Crippen MR) is 185 cm³/mol. The third kappa shape index (κ3) is 10.1. The lowest BCUT2D eigenvalue weighted by Crippen LogP contribution is -2.36. The smallest absolute Gasteiger partial charge is 0.447 e. The lowest BCUT2D eigenvalue weighted by atomic mass is 9.93. The van der Waals surface area contributed by atoms with Crippen molar-refractivity contribution >= 4 is 33.3 Å². The van der Waals surface area contributed by atoms with Crippen LogP contribution in [0, 0.1) is 13.8 Å². The van der Waals surface area contributed by atoms with E-state index in [1.807, 2.05) is 13.0 Å². The van der Waals surface area contributed by atoms with E-state index in [-0.39, 0.29) is 28.8 Å². The summed E-state index contributed by atoms with van der Waals surface area (Å²) in [7, 11) is -3.41. The molecule has 254 valence electrons. The SMILES string of the molecule is CCCCCCCCCCCCC(C)c1cc(Cl)c(C)cc1ON(C(=O)OCC)c1[nH]n(-c2ccc(S(C)(=O)=O)cc2)c(=O)c1C. The van der Waals surface area contributed by atoms with Crippen molar-refractivity contribution in [3.8, 4) is 11.4 Å². The maximum Gasteiger partial charge on any atom is 0.449 e. The van der Waals surface area contributed by atoms with Gasteiger partial charge < -0.3 is 9.57 Å². The van der Waals surface area contributed by atoms with E-state index in [1.165, 1.54) is 80.3 Å². The number of hydrogen-bond acceptors (Lipinski definition) is 6. The zero-order valence-electron chi connectivity index (χ0n) is 28.2. The van der Waals surface area contributed by atoms with E-state index in [9.17, 15) is 18.0 Å². The Morgan fingerprint density at radius 2 is 1.54 bits per heavy atom. The molecule has 0 bridgehead atoms. The van der Waals surface area contributed by atoms with Crippen LogP contribution in [0.4, 0.5) is 10.6 Å². The monoisotopic (exact) mass is 675 g/mol. The number of aryl methyl sites for hydroxylation is 1. The molecule has 1 heterocycles. The number of unbranched alkanes of at least 4 members (excludes halogenated alkanes) is 9. The minimum Gasteiger partial charge on any atom is -0.447 e. The molecule has 1 unspecified atom stereocenters. The Labute approximate surface area is 279 Å². The van der Waals surface area contributed by atoms with Crippen LogP contribution in [0.25, 0.3) is 5.69 Å². The molecule has 1 N–H and O–H groups in total. The highest BCUT2D eigenvalue weighted by Gasteiger charge is 2.28. The van der Waals surface area contributed by atoms with E-state index in [2.05, 4.69) is 18.9 Å². The number of amides is 1. The van der Waals surface area contributed by atoms with Crippen LogP contribution in [0.3, 0.4) is 0 Å². The molecule has 0 aliphatic rings. The van der Waals surface area contributed by atoms with Crippen molar-refractivity contribution in [3.63, 3.8) is 0 Å². The number of benzene rings is 2. The van der Waals surface area contributed by atoms with Crippen LogP contribution in [0.5, 0.6) is 5.75 Å². The highest BCUT2D eigenvalue weighted by Crippen LogP contribution is 2.36. The second-order valence-electron chi connectivity index (χ2n) is 12.1. The number of nitrogens with one attached hydrogen (secondary N) is 1. The van der Waals surface area contributed by atoms with Crippen molar-refractivity contribution < 1.29 is 22.8 Å². The van der Waals surface area contributed by atoms with Gasteiger partial charge in [-0.25, -0.2) is 17.9 Å². The van der Waals surface area contributed by atoms with Gasteiger partial charge in [-0.1, -0.05) is 94.7 Å². The van der Waals surface area contributed by atoms with Gasteiger partial charge in [0.1, 0.15) is 0 Å². The normalized spacial score (nSPS) is 12.2. The molecule has 0 saturated carbocycles. The summed E-state index contributed by atoms with van der Waals surface area (Å²) in [6.07, 6.45) is 13.8. The summed E-state index contributed by atoms with van der Waals surface area (Å²) < 4.78 is 30.4. The Kier molecular flexibility index (Phi) is 14.3. The van der Waals surface area contributed by atoms with E-state index in [1.54, 1.807) is 19.9 Å². The van der Waals surface area contributed by atoms with Gasteiger partial charge in [0, 0.05) is 16.8 Å². The van der Waals surface area contributed by atoms with Crippen LogP contribution in [-0.4, -0.2) is 37.2 Å². The van der Waals surface area contributed by atoms with Gasteiger partial charge in [0.25, 0.3) is 5.56 Å². The molecule has 0 aliphatic heterocycles. The Bertz CT molecular complexity index is 1600. The number of hydroxylamine groups is 1. The molecule has 0 fully saturated rings. The molecule has 9 nitrogen and oxygen atoms in total. The first-order chi connectivity index (χ1) is 21.9. The van der Waals surface area contributed by atoms with Crippen molar-refractivity contribution in [1.29, 1.82) is 0 Å². The fraction of sp³-hybridized carbons (Fsp3) is 0.543. The van der Waals surface area contributed by atoms with E-state index < -0.39 is 21.5 Å². The quantitative estimate of drug-likeness (QED) is 0.106. The number of H-pyrrole nitrogens is 1. The first-order valence-electron chi connectivity index (χ1n) is 16.5. The van der Waals surface area contributed by atoms with Crippen molar-refractivity contribution in [2.75, 3.05) is 17.9 Å². The first-order valence-corrected chi connectivity index (χ1v) is 18.7. The van der Waals surface area contributed by atoms with Gasteiger partial charge in [0.2, 0.25) is 0 Å². The van der Waals surface area contributed by atoms with E-state index >= 15 is 0 Å². The highest BCUT2D eigenvalue weighted by molar-refractivity contribution is 7.90. The van der Waals surface area contributed by atoms with E-state index in [0.29, 0.717) is 16.5 Å². The average molecular weight is 676 g/mol. The third-order valence-corrected chi connectivity index (χ3v) is 9.79. The fourth-order valence-electron chi connectivity index (χ4n) is 5.41. The fourth-order valence-corrected chi connectivity index (χ4v) is 6.22. The maximum atomic E-state index is 13.3. The van der Waals surface area contributed by atoms with Crippen LogP contribution >= 0.6 is 11.6 Å². The van der Waals surface area contributed by atoms with Crippen molar-refractivity contribution in [3.05, 3.63) is 68.5 Å². The number of aromatic amines is 1. The molecule has 1 amide bonds. The molecule has 2 aromatic carbocycles. The van der Waals surface area contributed by atoms with Crippen LogP contribution in [0.15, 0.2) is 46.1 Å². The van der Waals surface area contributed by atoms with Gasteiger partial charge in [0.15, 0.2) is 21.4 Å². The highest BCUT2D eigenvalue weighted by atomic mass is 35.5. The van der Waals surface area contributed by atoms with Crippen molar-refractivity contribution in [1.82, 2.24) is 9.78 Å². The summed E-state index contributed by atoms with van der Waals surface area (Å²) in [5.41, 5.74) is 1.82. The Hall–Kier alpha value is -3.24. The maximum absolute atomic E-state index is 13.3. The Morgan fingerprint density at radius 3 is 2.11 bits per heavy atom. The molecular weight excluding hydrogens is 626 g/mol. The molecule has 0 spiro atoms. The van der Waals surface area contributed by atoms with Gasteiger partial charge in [-0.15, -0.1) is 0 Å². The number of ether oxygens (including phenoxy) is 1. The number of carbonyl (C=O) groups is 1. The van der Waals surface area contributed by atoms with E-state index in [4.69, 9.17) is 21.2 Å². The number of sulfone groups is 1. The number of anilines is 1. The van der Waals surface area contributed by atoms with Gasteiger partial charge in [-0.3, -0.25) is 9.89 Å². The zero-order chi connectivity index (χ0) is 33.9. The molecule has 0 aliphatic carbocycles. The lowest BCUT2D eigenvalue weighted by molar-refractivity contribution is 0.130. The zero-order valence-corrected chi connectivity index (χ0v) is 29.7. The molecule has 3 aromatic rings. The molecule has 11 heteroatoms. The summed E-state index contributed by atoms with van der Waals surface area (Å²) in [6, 6.07) is 9.57. The summed E-state index contributed by atoms with van der Waals surface area (Å²) in [5.74, 6) is 0.640. The molecule has 1 aromatic heterocycles. The topological polar surface area (TPSA) is 111 Å². The van der Waals surface area contributed by atoms with Crippen molar-refractivity contribution in [2.45, 2.75) is 116 Å². The molecule has 3 rings (SSSR count). The summed E-state index contributed by atoms with van der Waals surface area (Å²) >= 11 is 6.57. The van der Waals surface area contributed by atoms with Gasteiger partial charge in [-0.2, -0.15) is 0 Å². The summed E-state index contributed by atoms with van der Waals surface area (Å²) in [6.45, 7) is 9.59. The van der Waals surface area contributed by atoms with Crippen molar-refractivity contribution in [2.24, 2.45) is 0 Å². The first kappa shape index (κ1) is 37.2. The molecule has 0 saturated heterocycles. The van der Waals surface area contributed by atoms with Gasteiger partial charge in [0.05, 0.1) is 22.8 Å². The van der Waals surface area contributed by atoms with Gasteiger partial charge in [-0.05, 0) is 75.1 Å².